The Balaban J connectivity index is 2.41. The van der Waals surface area contributed by atoms with Gasteiger partial charge in [-0.05, 0) is 43.5 Å². The van der Waals surface area contributed by atoms with E-state index < -0.39 is 21.9 Å². The van der Waals surface area contributed by atoms with Gasteiger partial charge in [0.1, 0.15) is 11.9 Å². The first-order valence-corrected chi connectivity index (χ1v) is 8.18. The van der Waals surface area contributed by atoms with E-state index in [1.165, 1.54) is 21.3 Å². The second kappa shape index (κ2) is 5.73. The molecular weight excluding hydrogens is 295 g/mol. The van der Waals surface area contributed by atoms with Gasteiger partial charge in [0.05, 0.1) is 4.90 Å². The Kier molecular flexibility index (Phi) is 4.34. The van der Waals surface area contributed by atoms with Crippen molar-refractivity contribution < 1.29 is 17.6 Å². The maximum absolute atomic E-state index is 13.2. The van der Waals surface area contributed by atoms with Gasteiger partial charge in [-0.15, -0.1) is 0 Å². The smallest absolute Gasteiger partial charge is 0.244 e. The van der Waals surface area contributed by atoms with Crippen LogP contribution in [0.4, 0.5) is 4.39 Å². The number of benzene rings is 1. The van der Waals surface area contributed by atoms with E-state index in [2.05, 4.69) is 0 Å². The molecule has 1 aliphatic heterocycles. The van der Waals surface area contributed by atoms with Crippen LogP contribution in [-0.4, -0.2) is 50.2 Å². The molecule has 1 aliphatic rings. The van der Waals surface area contributed by atoms with Crippen LogP contribution in [0.3, 0.4) is 0 Å². The fraction of sp³-hybridized carbons (Fsp3) is 0.500. The van der Waals surface area contributed by atoms with Gasteiger partial charge in [0, 0.05) is 20.6 Å². The number of hydrogen-bond acceptors (Lipinski definition) is 3. The Morgan fingerprint density at radius 2 is 2.05 bits per heavy atom. The highest BCUT2D eigenvalue weighted by Crippen LogP contribution is 2.28. The molecule has 1 heterocycles. The average Bonchev–Trinajstić information content (AvgIpc) is 2.86. The molecule has 0 radical (unpaired) electrons. The van der Waals surface area contributed by atoms with Crippen LogP contribution in [0.15, 0.2) is 23.1 Å². The summed E-state index contributed by atoms with van der Waals surface area (Å²) in [5.41, 5.74) is 0.345. The lowest BCUT2D eigenvalue weighted by Gasteiger charge is -2.26. The minimum Gasteiger partial charge on any atom is -0.347 e. The number of hydrogen-bond donors (Lipinski definition) is 0. The third kappa shape index (κ3) is 2.94. The summed E-state index contributed by atoms with van der Waals surface area (Å²) in [6.45, 7) is 1.86. The van der Waals surface area contributed by atoms with Crippen LogP contribution in [0.25, 0.3) is 0 Å². The highest BCUT2D eigenvalue weighted by atomic mass is 32.2. The molecule has 2 rings (SSSR count). The summed E-state index contributed by atoms with van der Waals surface area (Å²) >= 11 is 0. The second-order valence-electron chi connectivity index (χ2n) is 5.42. The van der Waals surface area contributed by atoms with Gasteiger partial charge < -0.3 is 4.90 Å². The summed E-state index contributed by atoms with van der Waals surface area (Å²) in [4.78, 5) is 13.6. The van der Waals surface area contributed by atoms with Crippen molar-refractivity contribution in [1.82, 2.24) is 9.21 Å². The fourth-order valence-corrected chi connectivity index (χ4v) is 4.46. The molecule has 1 fully saturated rings. The lowest BCUT2D eigenvalue weighted by Crippen LogP contribution is -2.45. The fourth-order valence-electron chi connectivity index (χ4n) is 2.60. The Labute approximate surface area is 124 Å². The highest BCUT2D eigenvalue weighted by Gasteiger charge is 2.40. The molecule has 7 heteroatoms. The number of carbonyl (C=O) groups is 1. The molecule has 1 aromatic carbocycles. The minimum absolute atomic E-state index is 0.0577. The van der Waals surface area contributed by atoms with Crippen LogP contribution < -0.4 is 0 Å². The van der Waals surface area contributed by atoms with Crippen LogP contribution in [-0.2, 0) is 14.8 Å². The van der Waals surface area contributed by atoms with Crippen LogP contribution in [0.5, 0.6) is 0 Å². The molecule has 0 bridgehead atoms. The van der Waals surface area contributed by atoms with Gasteiger partial charge >= 0.3 is 0 Å². The number of amides is 1. The lowest BCUT2D eigenvalue weighted by atomic mass is 10.2. The zero-order chi connectivity index (χ0) is 15.8. The van der Waals surface area contributed by atoms with Crippen molar-refractivity contribution in [3.63, 3.8) is 0 Å². The highest BCUT2D eigenvalue weighted by molar-refractivity contribution is 7.89. The van der Waals surface area contributed by atoms with E-state index in [0.29, 0.717) is 24.9 Å². The van der Waals surface area contributed by atoms with Gasteiger partial charge in [-0.25, -0.2) is 12.8 Å². The predicted molar refractivity (Wildman–Crippen MR) is 76.7 cm³/mol. The van der Waals surface area contributed by atoms with E-state index in [0.717, 1.165) is 6.07 Å². The number of halogens is 1. The first-order valence-electron chi connectivity index (χ1n) is 6.74. The number of rotatable bonds is 3. The monoisotopic (exact) mass is 314 g/mol. The first kappa shape index (κ1) is 15.9. The van der Waals surface area contributed by atoms with Gasteiger partial charge in [0.25, 0.3) is 0 Å². The summed E-state index contributed by atoms with van der Waals surface area (Å²) in [5.74, 6) is -0.704. The molecule has 1 atom stereocenters. The Morgan fingerprint density at radius 1 is 1.38 bits per heavy atom. The van der Waals surface area contributed by atoms with Crippen LogP contribution in [0, 0.1) is 12.7 Å². The predicted octanol–water partition coefficient (Wildman–Crippen LogP) is 1.38. The molecule has 1 amide bonds. The molecular formula is C14H19FN2O3S. The van der Waals surface area contributed by atoms with Crippen molar-refractivity contribution in [2.24, 2.45) is 0 Å². The number of carbonyl (C=O) groups excluding carboxylic acids is 1. The van der Waals surface area contributed by atoms with E-state index in [-0.39, 0.29) is 10.8 Å². The zero-order valence-electron chi connectivity index (χ0n) is 12.3. The van der Waals surface area contributed by atoms with Crippen molar-refractivity contribution in [2.45, 2.75) is 30.7 Å². The number of likely N-dealkylation sites (N-methyl/N-ethyl adjacent to an activating group) is 1. The number of nitrogens with zero attached hydrogens (tertiary/aromatic N) is 2. The molecule has 0 aromatic heterocycles. The third-order valence-corrected chi connectivity index (χ3v) is 5.72. The molecule has 0 aliphatic carbocycles. The van der Waals surface area contributed by atoms with Crippen LogP contribution in [0.2, 0.25) is 0 Å². The molecule has 5 nitrogen and oxygen atoms in total. The second-order valence-corrected chi connectivity index (χ2v) is 7.28. The van der Waals surface area contributed by atoms with Gasteiger partial charge in [-0.2, -0.15) is 4.31 Å². The van der Waals surface area contributed by atoms with Gasteiger partial charge in [-0.1, -0.05) is 0 Å². The van der Waals surface area contributed by atoms with Crippen LogP contribution in [0.1, 0.15) is 18.4 Å². The Bertz CT molecular complexity index is 658. The van der Waals surface area contributed by atoms with E-state index in [1.807, 2.05) is 0 Å². The zero-order valence-corrected chi connectivity index (χ0v) is 13.2. The molecule has 116 valence electrons. The normalized spacial score (nSPS) is 19.7. The summed E-state index contributed by atoms with van der Waals surface area (Å²) in [6.07, 6.45) is 1.15. The summed E-state index contributed by atoms with van der Waals surface area (Å²) < 4.78 is 39.9. The number of aryl methyl sites for hydroxylation is 1. The molecule has 21 heavy (non-hydrogen) atoms. The topological polar surface area (TPSA) is 57.7 Å². The molecule has 1 unspecified atom stereocenters. The van der Waals surface area contributed by atoms with E-state index in [9.17, 15) is 17.6 Å². The Morgan fingerprint density at radius 3 is 2.62 bits per heavy atom. The molecule has 1 aromatic rings. The van der Waals surface area contributed by atoms with Crippen molar-refractivity contribution in [3.05, 3.63) is 29.6 Å². The number of sulfonamides is 1. The molecule has 0 N–H and O–H groups in total. The standard InChI is InChI=1S/C14H19FN2O3S/c1-10-9-11(15)6-7-13(10)21(19,20)17-8-4-5-12(17)14(18)16(2)3/h6-7,9,12H,4-5,8H2,1-3H3. The van der Waals surface area contributed by atoms with Crippen molar-refractivity contribution in [1.29, 1.82) is 0 Å². The molecule has 0 saturated carbocycles. The first-order chi connectivity index (χ1) is 9.75. The molecule has 1 saturated heterocycles. The summed E-state index contributed by atoms with van der Waals surface area (Å²) in [7, 11) is -0.583. The van der Waals surface area contributed by atoms with E-state index >= 15 is 0 Å². The minimum atomic E-state index is -3.79. The van der Waals surface area contributed by atoms with Gasteiger partial charge in [0.15, 0.2) is 0 Å². The lowest BCUT2D eigenvalue weighted by molar-refractivity contribution is -0.132. The quantitative estimate of drug-likeness (QED) is 0.847. The Hall–Kier alpha value is -1.47. The SMILES string of the molecule is Cc1cc(F)ccc1S(=O)(=O)N1CCCC1C(=O)N(C)C. The van der Waals surface area contributed by atoms with Crippen molar-refractivity contribution >= 4 is 15.9 Å². The van der Waals surface area contributed by atoms with Gasteiger partial charge in [0.2, 0.25) is 15.9 Å². The molecule has 0 spiro atoms. The maximum atomic E-state index is 13.2. The third-order valence-electron chi connectivity index (χ3n) is 3.65. The summed E-state index contributed by atoms with van der Waals surface area (Å²) in [6, 6.07) is 2.90. The average molecular weight is 314 g/mol. The van der Waals surface area contributed by atoms with E-state index in [1.54, 1.807) is 21.0 Å². The van der Waals surface area contributed by atoms with E-state index in [4.69, 9.17) is 0 Å². The maximum Gasteiger partial charge on any atom is 0.244 e. The van der Waals surface area contributed by atoms with Crippen LogP contribution >= 0.6 is 0 Å². The summed E-state index contributed by atoms with van der Waals surface area (Å²) in [5, 5.41) is 0. The largest absolute Gasteiger partial charge is 0.347 e. The van der Waals surface area contributed by atoms with Crippen molar-refractivity contribution in [3.8, 4) is 0 Å². The van der Waals surface area contributed by atoms with Gasteiger partial charge in [-0.3, -0.25) is 4.79 Å². The van der Waals surface area contributed by atoms with Crippen molar-refractivity contribution in [2.75, 3.05) is 20.6 Å².